The van der Waals surface area contributed by atoms with Crippen LogP contribution in [0.25, 0.3) is 0 Å². The maximum absolute atomic E-state index is 12.1. The molecule has 0 bridgehead atoms. The van der Waals surface area contributed by atoms with Crippen molar-refractivity contribution in [3.63, 3.8) is 0 Å². The van der Waals surface area contributed by atoms with Crippen LogP contribution in [-0.4, -0.2) is 54.4 Å². The summed E-state index contributed by atoms with van der Waals surface area (Å²) in [6, 6.07) is -0.805. The molecule has 1 fully saturated rings. The molecular formula is C11H21N3O2S. The van der Waals surface area contributed by atoms with Crippen molar-refractivity contribution in [2.75, 3.05) is 25.6 Å². The number of rotatable bonds is 5. The Balaban J connectivity index is 2.58. The summed E-state index contributed by atoms with van der Waals surface area (Å²) in [5, 5.41) is 2.60. The molecule has 3 N–H and O–H groups in total. The molecule has 17 heavy (non-hydrogen) atoms. The Bertz CT molecular complexity index is 286. The summed E-state index contributed by atoms with van der Waals surface area (Å²) in [5.74, 6) is 0.684. The minimum Gasteiger partial charge on any atom is -0.357 e. The Morgan fingerprint density at radius 1 is 1.59 bits per heavy atom. The number of hydrogen-bond donors (Lipinski definition) is 2. The Morgan fingerprint density at radius 3 is 2.88 bits per heavy atom. The molecule has 1 aliphatic heterocycles. The minimum atomic E-state index is -0.479. The standard InChI is InChI=1S/C11H21N3O2S/c1-13-10(15)9-4-3-6-14(9)11(16)8(12)5-7-17-2/h8-9H,3-7,12H2,1-2H3,(H,13,15)/t8-,9?/m1/s1. The lowest BCUT2D eigenvalue weighted by Gasteiger charge is -2.26. The molecule has 5 nitrogen and oxygen atoms in total. The lowest BCUT2D eigenvalue weighted by atomic mass is 10.1. The fraction of sp³-hybridized carbons (Fsp3) is 0.818. The topological polar surface area (TPSA) is 75.4 Å². The third-order valence-corrected chi connectivity index (χ3v) is 3.68. The number of carbonyl (C=O) groups excluding carboxylic acids is 2. The van der Waals surface area contributed by atoms with Crippen LogP contribution < -0.4 is 11.1 Å². The second-order valence-electron chi connectivity index (χ2n) is 4.19. The fourth-order valence-corrected chi connectivity index (χ4v) is 2.54. The van der Waals surface area contributed by atoms with E-state index in [2.05, 4.69) is 5.32 Å². The van der Waals surface area contributed by atoms with Gasteiger partial charge in [-0.3, -0.25) is 9.59 Å². The molecule has 0 saturated carbocycles. The van der Waals surface area contributed by atoms with Gasteiger partial charge in [-0.2, -0.15) is 11.8 Å². The van der Waals surface area contributed by atoms with Crippen LogP contribution in [0.2, 0.25) is 0 Å². The molecule has 0 radical (unpaired) electrons. The van der Waals surface area contributed by atoms with Gasteiger partial charge in [0.05, 0.1) is 6.04 Å². The normalized spacial score (nSPS) is 21.4. The van der Waals surface area contributed by atoms with E-state index < -0.39 is 6.04 Å². The maximum atomic E-state index is 12.1. The molecule has 0 aromatic rings. The average Bonchev–Trinajstić information content (AvgIpc) is 2.82. The number of carbonyl (C=O) groups is 2. The second-order valence-corrected chi connectivity index (χ2v) is 5.18. The van der Waals surface area contributed by atoms with Gasteiger partial charge in [-0.05, 0) is 31.3 Å². The quantitative estimate of drug-likeness (QED) is 0.717. The molecule has 1 aliphatic rings. The molecule has 2 amide bonds. The highest BCUT2D eigenvalue weighted by molar-refractivity contribution is 7.98. The summed E-state index contributed by atoms with van der Waals surface area (Å²) >= 11 is 1.67. The molecule has 0 aliphatic carbocycles. The maximum Gasteiger partial charge on any atom is 0.242 e. The van der Waals surface area contributed by atoms with Crippen molar-refractivity contribution in [3.05, 3.63) is 0 Å². The van der Waals surface area contributed by atoms with E-state index in [1.54, 1.807) is 23.7 Å². The Morgan fingerprint density at radius 2 is 2.29 bits per heavy atom. The summed E-state index contributed by atoms with van der Waals surface area (Å²) < 4.78 is 0. The fourth-order valence-electron chi connectivity index (χ4n) is 2.05. The molecule has 1 heterocycles. The van der Waals surface area contributed by atoms with Crippen LogP contribution >= 0.6 is 11.8 Å². The van der Waals surface area contributed by atoms with E-state index in [9.17, 15) is 9.59 Å². The van der Waals surface area contributed by atoms with E-state index in [0.29, 0.717) is 13.0 Å². The Kier molecular flexibility index (Phi) is 5.77. The SMILES string of the molecule is CNC(=O)C1CCCN1C(=O)[C@H](N)CCSC. The Hall–Kier alpha value is -0.750. The first kappa shape index (κ1) is 14.3. The van der Waals surface area contributed by atoms with Gasteiger partial charge in [0, 0.05) is 13.6 Å². The molecule has 1 unspecified atom stereocenters. The van der Waals surface area contributed by atoms with Gasteiger partial charge < -0.3 is 16.0 Å². The van der Waals surface area contributed by atoms with E-state index in [-0.39, 0.29) is 17.9 Å². The third-order valence-electron chi connectivity index (χ3n) is 3.04. The lowest BCUT2D eigenvalue weighted by Crippen LogP contribution is -2.50. The molecule has 1 saturated heterocycles. The van der Waals surface area contributed by atoms with Crippen LogP contribution in [0.3, 0.4) is 0 Å². The minimum absolute atomic E-state index is 0.0899. The van der Waals surface area contributed by atoms with Crippen molar-refractivity contribution in [1.29, 1.82) is 0 Å². The van der Waals surface area contributed by atoms with Crippen molar-refractivity contribution in [2.24, 2.45) is 5.73 Å². The largest absolute Gasteiger partial charge is 0.357 e. The molecule has 0 spiro atoms. The molecule has 98 valence electrons. The molecule has 6 heteroatoms. The van der Waals surface area contributed by atoms with E-state index in [1.165, 1.54) is 0 Å². The molecule has 0 aromatic carbocycles. The molecule has 2 atom stereocenters. The molecule has 0 aromatic heterocycles. The zero-order chi connectivity index (χ0) is 12.8. The van der Waals surface area contributed by atoms with Crippen LogP contribution in [-0.2, 0) is 9.59 Å². The van der Waals surface area contributed by atoms with Gasteiger partial charge in [0.25, 0.3) is 0 Å². The number of thioether (sulfide) groups is 1. The Labute approximate surface area is 106 Å². The zero-order valence-electron chi connectivity index (χ0n) is 10.4. The average molecular weight is 259 g/mol. The second kappa shape index (κ2) is 6.86. The molecule has 1 rings (SSSR count). The van der Waals surface area contributed by atoms with Crippen LogP contribution in [0.4, 0.5) is 0 Å². The van der Waals surface area contributed by atoms with Crippen LogP contribution in [0.15, 0.2) is 0 Å². The number of hydrogen-bond acceptors (Lipinski definition) is 4. The summed E-state index contributed by atoms with van der Waals surface area (Å²) in [6.07, 6.45) is 4.26. The van der Waals surface area contributed by atoms with Gasteiger partial charge in [-0.25, -0.2) is 0 Å². The highest BCUT2D eigenvalue weighted by atomic mass is 32.2. The summed E-state index contributed by atoms with van der Waals surface area (Å²) in [6.45, 7) is 0.643. The van der Waals surface area contributed by atoms with E-state index in [4.69, 9.17) is 5.73 Å². The predicted octanol–water partition coefficient (Wildman–Crippen LogP) is -0.196. The zero-order valence-corrected chi connectivity index (χ0v) is 11.3. The van der Waals surface area contributed by atoms with E-state index in [1.807, 2.05) is 6.26 Å². The van der Waals surface area contributed by atoms with Crippen LogP contribution in [0, 0.1) is 0 Å². The predicted molar refractivity (Wildman–Crippen MR) is 69.8 cm³/mol. The smallest absolute Gasteiger partial charge is 0.242 e. The first-order valence-corrected chi connectivity index (χ1v) is 7.27. The van der Waals surface area contributed by atoms with Crippen molar-refractivity contribution in [2.45, 2.75) is 31.3 Å². The number of likely N-dealkylation sites (tertiary alicyclic amines) is 1. The van der Waals surface area contributed by atoms with Gasteiger partial charge in [0.1, 0.15) is 6.04 Å². The van der Waals surface area contributed by atoms with Gasteiger partial charge in [-0.15, -0.1) is 0 Å². The van der Waals surface area contributed by atoms with Gasteiger partial charge >= 0.3 is 0 Å². The summed E-state index contributed by atoms with van der Waals surface area (Å²) in [5.41, 5.74) is 5.85. The number of nitrogens with one attached hydrogen (secondary N) is 1. The van der Waals surface area contributed by atoms with E-state index >= 15 is 0 Å². The lowest BCUT2D eigenvalue weighted by molar-refractivity contribution is -0.139. The summed E-state index contributed by atoms with van der Waals surface area (Å²) in [7, 11) is 1.59. The number of nitrogens with two attached hydrogens (primary N) is 1. The third kappa shape index (κ3) is 3.61. The highest BCUT2D eigenvalue weighted by Crippen LogP contribution is 2.18. The van der Waals surface area contributed by atoms with Crippen molar-refractivity contribution >= 4 is 23.6 Å². The van der Waals surface area contributed by atoms with Gasteiger partial charge in [-0.1, -0.05) is 0 Å². The van der Waals surface area contributed by atoms with E-state index in [0.717, 1.165) is 18.6 Å². The van der Waals surface area contributed by atoms with Gasteiger partial charge in [0.2, 0.25) is 11.8 Å². The first-order chi connectivity index (χ1) is 8.11. The monoisotopic (exact) mass is 259 g/mol. The van der Waals surface area contributed by atoms with Crippen molar-refractivity contribution in [3.8, 4) is 0 Å². The van der Waals surface area contributed by atoms with Crippen LogP contribution in [0.5, 0.6) is 0 Å². The number of amides is 2. The van der Waals surface area contributed by atoms with Gasteiger partial charge in [0.15, 0.2) is 0 Å². The first-order valence-electron chi connectivity index (χ1n) is 5.88. The van der Waals surface area contributed by atoms with Crippen molar-refractivity contribution < 1.29 is 9.59 Å². The highest BCUT2D eigenvalue weighted by Gasteiger charge is 2.35. The van der Waals surface area contributed by atoms with Crippen molar-refractivity contribution in [1.82, 2.24) is 10.2 Å². The number of likely N-dealkylation sites (N-methyl/N-ethyl adjacent to an activating group) is 1. The summed E-state index contributed by atoms with van der Waals surface area (Å²) in [4.78, 5) is 25.3. The van der Waals surface area contributed by atoms with Crippen LogP contribution in [0.1, 0.15) is 19.3 Å². The number of nitrogens with zero attached hydrogens (tertiary/aromatic N) is 1. The molecular weight excluding hydrogens is 238 g/mol.